The van der Waals surface area contributed by atoms with Crippen molar-refractivity contribution in [2.45, 2.75) is 45.6 Å². The molecule has 2 atom stereocenters. The summed E-state index contributed by atoms with van der Waals surface area (Å²) in [5, 5.41) is 16.0. The SMILES string of the molecule is CCC[C@@H](C)C(O)C#Cc1csc2c(NCCCc3ccccc3)nc(-c3ccncc3)nc12. The third-order valence-corrected chi connectivity index (χ3v) is 6.75. The van der Waals surface area contributed by atoms with E-state index >= 15 is 0 Å². The largest absolute Gasteiger partial charge is 0.380 e. The first-order chi connectivity index (χ1) is 16.7. The summed E-state index contributed by atoms with van der Waals surface area (Å²) in [6.45, 7) is 4.97. The van der Waals surface area contributed by atoms with E-state index in [4.69, 9.17) is 9.97 Å². The van der Waals surface area contributed by atoms with Crippen molar-refractivity contribution in [3.8, 4) is 23.2 Å². The number of hydrogen-bond donors (Lipinski definition) is 2. The van der Waals surface area contributed by atoms with Crippen LogP contribution in [0, 0.1) is 17.8 Å². The molecule has 6 heteroatoms. The van der Waals surface area contributed by atoms with Crippen molar-refractivity contribution in [1.29, 1.82) is 0 Å². The zero-order valence-corrected chi connectivity index (χ0v) is 20.5. The van der Waals surface area contributed by atoms with Gasteiger partial charge in [-0.25, -0.2) is 9.97 Å². The van der Waals surface area contributed by atoms with E-state index in [-0.39, 0.29) is 5.92 Å². The molecule has 1 aromatic carbocycles. The number of nitrogens with zero attached hydrogens (tertiary/aromatic N) is 3. The van der Waals surface area contributed by atoms with Crippen molar-refractivity contribution in [1.82, 2.24) is 15.0 Å². The molecule has 3 aromatic heterocycles. The van der Waals surface area contributed by atoms with Crippen molar-refractivity contribution in [2.75, 3.05) is 11.9 Å². The van der Waals surface area contributed by atoms with E-state index in [1.54, 1.807) is 23.7 Å². The molecule has 0 bridgehead atoms. The quantitative estimate of drug-likeness (QED) is 0.234. The number of aliphatic hydroxyl groups excluding tert-OH is 1. The predicted octanol–water partition coefficient (Wildman–Crippen LogP) is 5.95. The van der Waals surface area contributed by atoms with Crippen LogP contribution in [-0.4, -0.2) is 32.7 Å². The van der Waals surface area contributed by atoms with Gasteiger partial charge in [-0.2, -0.15) is 0 Å². The van der Waals surface area contributed by atoms with E-state index in [1.807, 2.05) is 30.5 Å². The Morgan fingerprint density at radius 1 is 1.09 bits per heavy atom. The van der Waals surface area contributed by atoms with Crippen LogP contribution in [0.4, 0.5) is 5.82 Å². The highest BCUT2D eigenvalue weighted by Crippen LogP contribution is 2.32. The fourth-order valence-corrected chi connectivity index (χ4v) is 4.71. The van der Waals surface area contributed by atoms with Crippen LogP contribution in [0.3, 0.4) is 0 Å². The minimum Gasteiger partial charge on any atom is -0.380 e. The van der Waals surface area contributed by atoms with Gasteiger partial charge in [-0.15, -0.1) is 11.3 Å². The Morgan fingerprint density at radius 2 is 1.88 bits per heavy atom. The molecule has 3 heterocycles. The first-order valence-corrected chi connectivity index (χ1v) is 12.7. The molecule has 174 valence electrons. The number of anilines is 1. The van der Waals surface area contributed by atoms with Crippen LogP contribution in [0.1, 0.15) is 44.2 Å². The summed E-state index contributed by atoms with van der Waals surface area (Å²) in [6, 6.07) is 14.3. The maximum Gasteiger partial charge on any atom is 0.162 e. The van der Waals surface area contributed by atoms with Gasteiger partial charge >= 0.3 is 0 Å². The number of rotatable bonds is 9. The molecule has 0 saturated heterocycles. The molecule has 0 aliphatic rings. The minimum atomic E-state index is -0.646. The van der Waals surface area contributed by atoms with Crippen LogP contribution < -0.4 is 5.32 Å². The third-order valence-electron chi connectivity index (χ3n) is 5.77. The number of pyridine rings is 1. The van der Waals surface area contributed by atoms with Gasteiger partial charge in [0.05, 0.1) is 10.3 Å². The summed E-state index contributed by atoms with van der Waals surface area (Å²) in [5.41, 5.74) is 3.89. The van der Waals surface area contributed by atoms with E-state index in [0.29, 0.717) is 5.82 Å². The van der Waals surface area contributed by atoms with Crippen LogP contribution in [0.2, 0.25) is 0 Å². The van der Waals surface area contributed by atoms with Crippen molar-refractivity contribution >= 4 is 27.4 Å². The van der Waals surface area contributed by atoms with Crippen LogP contribution >= 0.6 is 11.3 Å². The second-order valence-corrected chi connectivity index (χ2v) is 9.33. The number of thiophene rings is 1. The summed E-state index contributed by atoms with van der Waals surface area (Å²) < 4.78 is 0.984. The maximum absolute atomic E-state index is 10.4. The molecule has 4 aromatic rings. The molecule has 34 heavy (non-hydrogen) atoms. The molecular formula is C28H30N4OS. The Morgan fingerprint density at radius 3 is 2.65 bits per heavy atom. The molecule has 0 aliphatic heterocycles. The second kappa shape index (κ2) is 11.7. The van der Waals surface area contributed by atoms with Gasteiger partial charge in [0.15, 0.2) is 5.82 Å². The summed E-state index contributed by atoms with van der Waals surface area (Å²) in [6.07, 6.45) is 6.83. The Hall–Kier alpha value is -3.27. The second-order valence-electron chi connectivity index (χ2n) is 8.45. The monoisotopic (exact) mass is 470 g/mol. The normalized spacial score (nSPS) is 12.7. The average molecular weight is 471 g/mol. The van der Waals surface area contributed by atoms with Crippen molar-refractivity contribution in [2.24, 2.45) is 5.92 Å². The topological polar surface area (TPSA) is 70.9 Å². The van der Waals surface area contributed by atoms with E-state index in [2.05, 4.69) is 53.3 Å². The van der Waals surface area contributed by atoms with Crippen LogP contribution in [0.25, 0.3) is 21.6 Å². The van der Waals surface area contributed by atoms with Gasteiger partial charge in [0.25, 0.3) is 0 Å². The number of benzene rings is 1. The van der Waals surface area contributed by atoms with E-state index in [0.717, 1.165) is 59.4 Å². The lowest BCUT2D eigenvalue weighted by Gasteiger charge is -2.11. The van der Waals surface area contributed by atoms with E-state index < -0.39 is 6.10 Å². The molecule has 0 saturated carbocycles. The van der Waals surface area contributed by atoms with Crippen molar-refractivity contribution in [3.63, 3.8) is 0 Å². The summed E-state index contributed by atoms with van der Waals surface area (Å²) in [7, 11) is 0. The molecule has 0 radical (unpaired) electrons. The lowest BCUT2D eigenvalue weighted by molar-refractivity contribution is 0.165. The fraction of sp³-hybridized carbons (Fsp3) is 0.321. The van der Waals surface area contributed by atoms with Crippen LogP contribution in [-0.2, 0) is 6.42 Å². The van der Waals surface area contributed by atoms with Gasteiger partial charge in [0, 0.05) is 29.9 Å². The molecule has 2 N–H and O–H groups in total. The van der Waals surface area contributed by atoms with Gasteiger partial charge in [-0.05, 0) is 42.9 Å². The number of fused-ring (bicyclic) bond motifs is 1. The highest BCUT2D eigenvalue weighted by molar-refractivity contribution is 7.18. The van der Waals surface area contributed by atoms with Crippen molar-refractivity contribution < 1.29 is 5.11 Å². The Balaban J connectivity index is 1.60. The van der Waals surface area contributed by atoms with Crippen LogP contribution in [0.15, 0.2) is 60.2 Å². The lowest BCUT2D eigenvalue weighted by atomic mass is 10.00. The van der Waals surface area contributed by atoms with E-state index in [9.17, 15) is 5.11 Å². The Bertz CT molecular complexity index is 1260. The number of aliphatic hydroxyl groups is 1. The molecule has 1 unspecified atom stereocenters. The van der Waals surface area contributed by atoms with Gasteiger partial charge in [0.1, 0.15) is 17.4 Å². The smallest absolute Gasteiger partial charge is 0.162 e. The van der Waals surface area contributed by atoms with Gasteiger partial charge < -0.3 is 10.4 Å². The van der Waals surface area contributed by atoms with Gasteiger partial charge in [0.2, 0.25) is 0 Å². The zero-order chi connectivity index (χ0) is 23.8. The molecule has 0 fully saturated rings. The molecular weight excluding hydrogens is 440 g/mol. The van der Waals surface area contributed by atoms with Crippen molar-refractivity contribution in [3.05, 3.63) is 71.4 Å². The average Bonchev–Trinajstić information content (AvgIpc) is 3.29. The van der Waals surface area contributed by atoms with Crippen LogP contribution in [0.5, 0.6) is 0 Å². The number of hydrogen-bond acceptors (Lipinski definition) is 6. The summed E-state index contributed by atoms with van der Waals surface area (Å²) >= 11 is 1.59. The predicted molar refractivity (Wildman–Crippen MR) is 141 cm³/mol. The molecule has 0 spiro atoms. The van der Waals surface area contributed by atoms with Gasteiger partial charge in [-0.3, -0.25) is 4.98 Å². The standard InChI is InChI=1S/C28H30N4OS/c1-3-8-20(2)24(33)13-12-23-19-34-26-25(23)31-27(22-14-17-29-18-15-22)32-28(26)30-16-7-11-21-9-5-4-6-10-21/h4-6,9-10,14-15,17-20,24,33H,3,7-8,11,16H2,1-2H3,(H,30,31,32)/t20-,24?/m1/s1. The first kappa shape index (κ1) is 23.9. The Labute approximate surface area is 205 Å². The highest BCUT2D eigenvalue weighted by atomic mass is 32.1. The fourth-order valence-electron chi connectivity index (χ4n) is 3.81. The van der Waals surface area contributed by atoms with Gasteiger partial charge in [-0.1, -0.05) is 62.4 Å². The third kappa shape index (κ3) is 5.99. The first-order valence-electron chi connectivity index (χ1n) is 11.8. The summed E-state index contributed by atoms with van der Waals surface area (Å²) in [5.74, 6) is 7.82. The maximum atomic E-state index is 10.4. The summed E-state index contributed by atoms with van der Waals surface area (Å²) in [4.78, 5) is 13.8. The molecule has 0 aliphatic carbocycles. The number of aromatic nitrogens is 3. The Kier molecular flexibility index (Phi) is 8.24. The zero-order valence-electron chi connectivity index (χ0n) is 19.7. The lowest BCUT2D eigenvalue weighted by Crippen LogP contribution is -2.14. The van der Waals surface area contributed by atoms with E-state index in [1.165, 1.54) is 5.56 Å². The molecule has 0 amide bonds. The number of aryl methyl sites for hydroxylation is 1. The minimum absolute atomic E-state index is 0.145. The highest BCUT2D eigenvalue weighted by Gasteiger charge is 2.15. The molecule has 4 rings (SSSR count). The molecule has 5 nitrogen and oxygen atoms in total. The number of nitrogens with one attached hydrogen (secondary N) is 1.